The van der Waals surface area contributed by atoms with Gasteiger partial charge in [0.15, 0.2) is 5.96 Å². The van der Waals surface area contributed by atoms with Crippen LogP contribution in [0, 0.1) is 5.82 Å². The first kappa shape index (κ1) is 22.4. The SMILES string of the molecule is CN=C(NCCc1coc(-c2ccc(F)cc2)n1)NCC(C)c1cccs1.I. The molecule has 1 unspecified atom stereocenters. The van der Waals surface area contributed by atoms with Crippen LogP contribution in [0.1, 0.15) is 23.4 Å². The number of oxazole rings is 1. The lowest BCUT2D eigenvalue weighted by Crippen LogP contribution is -2.39. The Morgan fingerprint density at radius 2 is 2.04 bits per heavy atom. The number of nitrogens with one attached hydrogen (secondary N) is 2. The molecule has 1 aromatic carbocycles. The molecule has 0 bridgehead atoms. The van der Waals surface area contributed by atoms with E-state index in [-0.39, 0.29) is 29.8 Å². The molecule has 28 heavy (non-hydrogen) atoms. The number of hydrogen-bond acceptors (Lipinski definition) is 4. The highest BCUT2D eigenvalue weighted by Crippen LogP contribution is 2.20. The van der Waals surface area contributed by atoms with Gasteiger partial charge in [-0.3, -0.25) is 4.99 Å². The summed E-state index contributed by atoms with van der Waals surface area (Å²) in [6.45, 7) is 3.69. The molecule has 0 aliphatic heterocycles. The zero-order chi connectivity index (χ0) is 19.1. The predicted octanol–water partition coefficient (Wildman–Crippen LogP) is 4.67. The molecule has 0 spiro atoms. The van der Waals surface area contributed by atoms with E-state index in [0.717, 1.165) is 23.8 Å². The zero-order valence-corrected chi connectivity index (χ0v) is 19.0. The van der Waals surface area contributed by atoms with Gasteiger partial charge in [-0.2, -0.15) is 0 Å². The van der Waals surface area contributed by atoms with E-state index < -0.39 is 0 Å². The van der Waals surface area contributed by atoms with Crippen LogP contribution >= 0.6 is 35.3 Å². The van der Waals surface area contributed by atoms with Crippen molar-refractivity contribution < 1.29 is 8.81 Å². The van der Waals surface area contributed by atoms with Crippen LogP contribution in [0.15, 0.2) is 57.5 Å². The van der Waals surface area contributed by atoms with Gasteiger partial charge in [-0.05, 0) is 35.7 Å². The van der Waals surface area contributed by atoms with Gasteiger partial charge in [0.1, 0.15) is 12.1 Å². The molecule has 8 heteroatoms. The second-order valence-electron chi connectivity index (χ2n) is 6.20. The van der Waals surface area contributed by atoms with Crippen molar-refractivity contribution in [2.45, 2.75) is 19.3 Å². The van der Waals surface area contributed by atoms with E-state index in [2.05, 4.69) is 45.0 Å². The minimum absolute atomic E-state index is 0. The Morgan fingerprint density at radius 3 is 2.71 bits per heavy atom. The second-order valence-corrected chi connectivity index (χ2v) is 7.18. The van der Waals surface area contributed by atoms with E-state index in [0.29, 0.717) is 24.8 Å². The fraction of sp³-hybridized carbons (Fsp3) is 0.300. The van der Waals surface area contributed by atoms with Crippen LogP contribution in [0.2, 0.25) is 0 Å². The molecule has 150 valence electrons. The maximum Gasteiger partial charge on any atom is 0.226 e. The van der Waals surface area contributed by atoms with Gasteiger partial charge in [-0.1, -0.05) is 13.0 Å². The van der Waals surface area contributed by atoms with Gasteiger partial charge in [0.25, 0.3) is 0 Å². The molecule has 0 saturated heterocycles. The van der Waals surface area contributed by atoms with Gasteiger partial charge in [0.05, 0.1) is 5.69 Å². The highest BCUT2D eigenvalue weighted by molar-refractivity contribution is 14.0. The van der Waals surface area contributed by atoms with Crippen molar-refractivity contribution in [1.82, 2.24) is 15.6 Å². The summed E-state index contributed by atoms with van der Waals surface area (Å²) in [4.78, 5) is 10.1. The summed E-state index contributed by atoms with van der Waals surface area (Å²) in [6.07, 6.45) is 2.33. The van der Waals surface area contributed by atoms with Crippen LogP contribution in [0.5, 0.6) is 0 Å². The molecule has 0 amide bonds. The van der Waals surface area contributed by atoms with Crippen LogP contribution in [-0.4, -0.2) is 31.1 Å². The third kappa shape index (κ3) is 6.30. The molecule has 0 fully saturated rings. The summed E-state index contributed by atoms with van der Waals surface area (Å²) in [5.74, 6) is 1.41. The average molecular weight is 514 g/mol. The van der Waals surface area contributed by atoms with Crippen LogP contribution in [-0.2, 0) is 6.42 Å². The van der Waals surface area contributed by atoms with Crippen molar-refractivity contribution in [2.75, 3.05) is 20.1 Å². The maximum atomic E-state index is 13.0. The van der Waals surface area contributed by atoms with E-state index in [1.54, 1.807) is 36.8 Å². The van der Waals surface area contributed by atoms with Crippen molar-refractivity contribution in [2.24, 2.45) is 4.99 Å². The Kier molecular flexibility index (Phi) is 8.91. The lowest BCUT2D eigenvalue weighted by atomic mass is 10.1. The first-order valence-corrected chi connectivity index (χ1v) is 9.72. The third-order valence-electron chi connectivity index (χ3n) is 4.14. The molecule has 3 rings (SSSR count). The molecule has 0 saturated carbocycles. The summed E-state index contributed by atoms with van der Waals surface area (Å²) in [5.41, 5.74) is 1.60. The first-order chi connectivity index (χ1) is 13.2. The van der Waals surface area contributed by atoms with E-state index in [4.69, 9.17) is 4.42 Å². The van der Waals surface area contributed by atoms with Gasteiger partial charge in [-0.15, -0.1) is 35.3 Å². The Bertz CT molecular complexity index is 865. The summed E-state index contributed by atoms with van der Waals surface area (Å²) < 4.78 is 18.5. The highest BCUT2D eigenvalue weighted by atomic mass is 127. The van der Waals surface area contributed by atoms with Gasteiger partial charge >= 0.3 is 0 Å². The number of rotatable bonds is 7. The number of aromatic nitrogens is 1. The first-order valence-electron chi connectivity index (χ1n) is 8.84. The molecule has 2 aromatic heterocycles. The summed E-state index contributed by atoms with van der Waals surface area (Å²) in [7, 11) is 1.76. The van der Waals surface area contributed by atoms with Crippen LogP contribution in [0.3, 0.4) is 0 Å². The normalized spacial score (nSPS) is 12.3. The van der Waals surface area contributed by atoms with E-state index in [9.17, 15) is 4.39 Å². The van der Waals surface area contributed by atoms with Gasteiger partial charge in [0, 0.05) is 42.9 Å². The van der Waals surface area contributed by atoms with Crippen molar-refractivity contribution in [1.29, 1.82) is 0 Å². The van der Waals surface area contributed by atoms with Gasteiger partial charge < -0.3 is 15.1 Å². The highest BCUT2D eigenvalue weighted by Gasteiger charge is 2.09. The molecule has 5 nitrogen and oxygen atoms in total. The number of nitrogens with zero attached hydrogens (tertiary/aromatic N) is 2. The molecular formula is C20H24FIN4OS. The van der Waals surface area contributed by atoms with Crippen molar-refractivity contribution in [3.63, 3.8) is 0 Å². The van der Waals surface area contributed by atoms with Crippen LogP contribution < -0.4 is 10.6 Å². The largest absolute Gasteiger partial charge is 0.444 e. The second kappa shape index (κ2) is 11.2. The molecule has 2 heterocycles. The monoisotopic (exact) mass is 514 g/mol. The minimum atomic E-state index is -0.276. The van der Waals surface area contributed by atoms with Crippen molar-refractivity contribution in [3.8, 4) is 11.5 Å². The molecule has 0 aliphatic rings. The van der Waals surface area contributed by atoms with Crippen LogP contribution in [0.25, 0.3) is 11.5 Å². The number of aliphatic imine (C=N–C) groups is 1. The third-order valence-corrected chi connectivity index (χ3v) is 5.25. The van der Waals surface area contributed by atoms with E-state index in [1.165, 1.54) is 17.0 Å². The molecule has 1 atom stereocenters. The lowest BCUT2D eigenvalue weighted by molar-refractivity contribution is 0.571. The fourth-order valence-corrected chi connectivity index (χ4v) is 3.39. The van der Waals surface area contributed by atoms with Crippen LogP contribution in [0.4, 0.5) is 4.39 Å². The Labute approximate surface area is 185 Å². The van der Waals surface area contributed by atoms with Gasteiger partial charge in [-0.25, -0.2) is 9.37 Å². The molecule has 0 aliphatic carbocycles. The lowest BCUT2D eigenvalue weighted by Gasteiger charge is -2.14. The summed E-state index contributed by atoms with van der Waals surface area (Å²) in [5, 5.41) is 8.73. The quantitative estimate of drug-likeness (QED) is 0.273. The standard InChI is InChI=1S/C20H23FN4OS.HI/c1-14(18-4-3-11-27-18)12-24-20(22-2)23-10-9-17-13-26-19(25-17)15-5-7-16(21)8-6-15;/h3-8,11,13-14H,9-10,12H2,1-2H3,(H2,22,23,24);1H. The Hall–Kier alpha value is -1.94. The topological polar surface area (TPSA) is 62.5 Å². The Balaban J connectivity index is 0.00000280. The van der Waals surface area contributed by atoms with Crippen molar-refractivity contribution >= 4 is 41.3 Å². The molecule has 3 aromatic rings. The number of halogens is 2. The molecule has 2 N–H and O–H groups in total. The van der Waals surface area contributed by atoms with E-state index >= 15 is 0 Å². The number of guanidine groups is 1. The Morgan fingerprint density at radius 1 is 1.25 bits per heavy atom. The van der Waals surface area contributed by atoms with E-state index in [1.807, 2.05) is 0 Å². The maximum absolute atomic E-state index is 13.0. The smallest absolute Gasteiger partial charge is 0.226 e. The number of hydrogen-bond donors (Lipinski definition) is 2. The van der Waals surface area contributed by atoms with Gasteiger partial charge in [0.2, 0.25) is 5.89 Å². The number of benzene rings is 1. The molecule has 0 radical (unpaired) electrons. The minimum Gasteiger partial charge on any atom is -0.444 e. The predicted molar refractivity (Wildman–Crippen MR) is 123 cm³/mol. The average Bonchev–Trinajstić information content (AvgIpc) is 3.37. The zero-order valence-electron chi connectivity index (χ0n) is 15.8. The van der Waals surface area contributed by atoms with Crippen molar-refractivity contribution in [3.05, 3.63) is 64.4 Å². The fourth-order valence-electron chi connectivity index (χ4n) is 2.60. The number of thiophene rings is 1. The summed E-state index contributed by atoms with van der Waals surface area (Å²) in [6, 6.07) is 10.3. The molecular weight excluding hydrogens is 490 g/mol. The summed E-state index contributed by atoms with van der Waals surface area (Å²) >= 11 is 1.77.